The van der Waals surface area contributed by atoms with Gasteiger partial charge in [0.2, 0.25) is 0 Å². The van der Waals surface area contributed by atoms with E-state index in [0.717, 1.165) is 0 Å². The number of benzene rings is 1. The van der Waals surface area contributed by atoms with Gasteiger partial charge in [-0.05, 0) is 59.7 Å². The van der Waals surface area contributed by atoms with Gasteiger partial charge in [0, 0.05) is 23.7 Å². The first-order valence-corrected chi connectivity index (χ1v) is 8.01. The van der Waals surface area contributed by atoms with Crippen molar-refractivity contribution >= 4 is 17.7 Å². The van der Waals surface area contributed by atoms with E-state index in [1.807, 2.05) is 27.7 Å². The Morgan fingerprint density at radius 2 is 1.43 bits per heavy atom. The monoisotopic (exact) mass is 316 g/mol. The number of nitrogens with zero attached hydrogens (tertiary/aromatic N) is 2. The van der Waals surface area contributed by atoms with Gasteiger partial charge in [0.25, 0.3) is 17.7 Å². The number of carbonyl (C=O) groups is 3. The molecule has 3 amide bonds. The van der Waals surface area contributed by atoms with Gasteiger partial charge in [-0.3, -0.25) is 19.3 Å². The van der Waals surface area contributed by atoms with Crippen molar-refractivity contribution in [3.05, 3.63) is 34.9 Å². The van der Waals surface area contributed by atoms with Crippen LogP contribution >= 0.6 is 0 Å². The molecule has 5 nitrogen and oxygen atoms in total. The number of carbonyl (C=O) groups excluding carboxylic acids is 3. The van der Waals surface area contributed by atoms with Crippen molar-refractivity contribution < 1.29 is 14.4 Å². The highest BCUT2D eigenvalue weighted by Gasteiger charge is 2.37. The van der Waals surface area contributed by atoms with Gasteiger partial charge < -0.3 is 4.90 Å². The van der Waals surface area contributed by atoms with Gasteiger partial charge in [0.1, 0.15) is 0 Å². The molecule has 1 aliphatic heterocycles. The summed E-state index contributed by atoms with van der Waals surface area (Å²) in [6.07, 6.45) is 0. The first-order valence-electron chi connectivity index (χ1n) is 8.01. The molecular weight excluding hydrogens is 292 g/mol. The van der Waals surface area contributed by atoms with Gasteiger partial charge in [-0.1, -0.05) is 0 Å². The van der Waals surface area contributed by atoms with Crippen molar-refractivity contribution in [3.8, 4) is 0 Å². The number of amides is 3. The molecular formula is C18H24N2O3. The van der Waals surface area contributed by atoms with Crippen molar-refractivity contribution in [2.45, 2.75) is 59.7 Å². The maximum absolute atomic E-state index is 12.7. The maximum atomic E-state index is 12.7. The van der Waals surface area contributed by atoms with E-state index >= 15 is 0 Å². The van der Waals surface area contributed by atoms with Crippen molar-refractivity contribution in [2.75, 3.05) is 0 Å². The highest BCUT2D eigenvalue weighted by molar-refractivity contribution is 6.22. The highest BCUT2D eigenvalue weighted by atomic mass is 16.2. The largest absolute Gasteiger partial charge is 0.334 e. The minimum atomic E-state index is -0.324. The number of imide groups is 1. The van der Waals surface area contributed by atoms with Crippen molar-refractivity contribution in [2.24, 2.45) is 0 Å². The Labute approximate surface area is 137 Å². The van der Waals surface area contributed by atoms with Crippen LogP contribution in [-0.4, -0.2) is 45.6 Å². The number of fused-ring (bicyclic) bond motifs is 1. The summed E-state index contributed by atoms with van der Waals surface area (Å²) >= 11 is 0. The average Bonchev–Trinajstić information content (AvgIpc) is 2.69. The van der Waals surface area contributed by atoms with E-state index in [2.05, 4.69) is 0 Å². The molecule has 0 unspecified atom stereocenters. The lowest BCUT2D eigenvalue weighted by molar-refractivity contribution is 0.0607. The zero-order valence-electron chi connectivity index (χ0n) is 14.6. The molecule has 1 aromatic carbocycles. The van der Waals surface area contributed by atoms with E-state index in [9.17, 15) is 14.4 Å². The molecule has 1 aliphatic rings. The molecule has 1 heterocycles. The summed E-state index contributed by atoms with van der Waals surface area (Å²) in [5, 5.41) is 0. The fourth-order valence-electron chi connectivity index (χ4n) is 3.08. The zero-order valence-corrected chi connectivity index (χ0v) is 14.6. The molecule has 0 spiro atoms. The minimum Gasteiger partial charge on any atom is -0.334 e. The van der Waals surface area contributed by atoms with Crippen LogP contribution in [0.2, 0.25) is 0 Å². The number of hydrogen-bond acceptors (Lipinski definition) is 3. The van der Waals surface area contributed by atoms with Crippen LogP contribution in [0.25, 0.3) is 0 Å². The van der Waals surface area contributed by atoms with Crippen LogP contribution in [-0.2, 0) is 0 Å². The van der Waals surface area contributed by atoms with Gasteiger partial charge in [-0.2, -0.15) is 0 Å². The fraction of sp³-hybridized carbons (Fsp3) is 0.500. The molecule has 23 heavy (non-hydrogen) atoms. The first kappa shape index (κ1) is 17.2. The van der Waals surface area contributed by atoms with Crippen LogP contribution in [0, 0.1) is 0 Å². The van der Waals surface area contributed by atoms with Gasteiger partial charge >= 0.3 is 0 Å². The van der Waals surface area contributed by atoms with Gasteiger partial charge in [-0.15, -0.1) is 0 Å². The summed E-state index contributed by atoms with van der Waals surface area (Å²) in [4.78, 5) is 40.5. The Kier molecular flexibility index (Phi) is 4.59. The van der Waals surface area contributed by atoms with E-state index in [1.165, 1.54) is 4.90 Å². The first-order chi connectivity index (χ1) is 10.7. The third kappa shape index (κ3) is 2.87. The predicted molar refractivity (Wildman–Crippen MR) is 88.5 cm³/mol. The third-order valence-corrected chi connectivity index (χ3v) is 4.03. The molecule has 124 valence electrons. The predicted octanol–water partition coefficient (Wildman–Crippen LogP) is 2.95. The molecule has 0 saturated heterocycles. The van der Waals surface area contributed by atoms with Gasteiger partial charge in [0.05, 0.1) is 11.1 Å². The lowest BCUT2D eigenvalue weighted by Crippen LogP contribution is -2.42. The smallest absolute Gasteiger partial charge is 0.261 e. The van der Waals surface area contributed by atoms with E-state index in [0.29, 0.717) is 16.7 Å². The molecule has 0 fully saturated rings. The molecule has 0 atom stereocenters. The summed E-state index contributed by atoms with van der Waals surface area (Å²) < 4.78 is 0. The zero-order chi connectivity index (χ0) is 17.5. The lowest BCUT2D eigenvalue weighted by Gasteiger charge is -2.31. The van der Waals surface area contributed by atoms with Crippen LogP contribution in [0.3, 0.4) is 0 Å². The van der Waals surface area contributed by atoms with Crippen molar-refractivity contribution in [1.82, 2.24) is 9.80 Å². The van der Waals surface area contributed by atoms with Gasteiger partial charge in [-0.25, -0.2) is 0 Å². The normalized spacial score (nSPS) is 14.2. The summed E-state index contributed by atoms with van der Waals surface area (Å²) in [5.41, 5.74) is 1.14. The Morgan fingerprint density at radius 1 is 0.913 bits per heavy atom. The molecule has 0 N–H and O–H groups in total. The van der Waals surface area contributed by atoms with Crippen molar-refractivity contribution in [3.63, 3.8) is 0 Å². The minimum absolute atomic E-state index is 0.0558. The molecule has 0 aliphatic carbocycles. The average molecular weight is 316 g/mol. The summed E-state index contributed by atoms with van der Waals surface area (Å²) in [7, 11) is 0. The Hall–Kier alpha value is -2.17. The molecule has 2 rings (SSSR count). The number of rotatable bonds is 4. The second-order valence-corrected chi connectivity index (χ2v) is 6.73. The Bertz CT molecular complexity index is 654. The molecule has 0 aromatic heterocycles. The third-order valence-electron chi connectivity index (χ3n) is 4.03. The molecule has 5 heteroatoms. The highest BCUT2D eigenvalue weighted by Crippen LogP contribution is 2.26. The second kappa shape index (κ2) is 6.14. The maximum Gasteiger partial charge on any atom is 0.261 e. The molecule has 0 radical (unpaired) electrons. The van der Waals surface area contributed by atoms with Crippen molar-refractivity contribution in [1.29, 1.82) is 0 Å². The second-order valence-electron chi connectivity index (χ2n) is 6.73. The van der Waals surface area contributed by atoms with Crippen LogP contribution in [0.5, 0.6) is 0 Å². The quantitative estimate of drug-likeness (QED) is 0.803. The van der Waals surface area contributed by atoms with E-state index in [4.69, 9.17) is 0 Å². The Balaban J connectivity index is 2.43. The standard InChI is InChI=1S/C18H24N2O3/c1-10(2)19(11(3)4)16(21)13-7-8-14-15(9-13)18(23)20(12(5)6)17(14)22/h7-12H,1-6H3. The summed E-state index contributed by atoms with van der Waals surface area (Å²) in [5.74, 6) is -0.736. The van der Waals surface area contributed by atoms with Crippen LogP contribution in [0.1, 0.15) is 72.6 Å². The topological polar surface area (TPSA) is 57.7 Å². The van der Waals surface area contributed by atoms with E-state index < -0.39 is 0 Å². The molecule has 0 saturated carbocycles. The fourth-order valence-corrected chi connectivity index (χ4v) is 3.08. The van der Waals surface area contributed by atoms with E-state index in [-0.39, 0.29) is 35.8 Å². The molecule has 1 aromatic rings. The van der Waals surface area contributed by atoms with E-state index in [1.54, 1.807) is 36.9 Å². The Morgan fingerprint density at radius 3 is 1.91 bits per heavy atom. The van der Waals surface area contributed by atoms with Crippen LogP contribution in [0.15, 0.2) is 18.2 Å². The number of hydrogen-bond donors (Lipinski definition) is 0. The summed E-state index contributed by atoms with van der Waals surface area (Å²) in [6.45, 7) is 11.4. The van der Waals surface area contributed by atoms with Crippen LogP contribution in [0.4, 0.5) is 0 Å². The van der Waals surface area contributed by atoms with Crippen LogP contribution < -0.4 is 0 Å². The van der Waals surface area contributed by atoms with Gasteiger partial charge in [0.15, 0.2) is 0 Å². The SMILES string of the molecule is CC(C)N1C(=O)c2ccc(C(=O)N(C(C)C)C(C)C)cc2C1=O. The molecule has 0 bridgehead atoms. The lowest BCUT2D eigenvalue weighted by atomic mass is 10.0. The summed E-state index contributed by atoms with van der Waals surface area (Å²) in [6, 6.07) is 4.68.